The minimum atomic E-state index is -3.88. The first kappa shape index (κ1) is 17.3. The van der Waals surface area contributed by atoms with Crippen molar-refractivity contribution in [1.82, 2.24) is 5.32 Å². The summed E-state index contributed by atoms with van der Waals surface area (Å²) in [5.41, 5.74) is 1.33. The molecule has 0 radical (unpaired) electrons. The number of nitrogens with zero attached hydrogens (tertiary/aromatic N) is 1. The Morgan fingerprint density at radius 2 is 1.83 bits per heavy atom. The lowest BCUT2D eigenvalue weighted by Gasteiger charge is -2.24. The second kappa shape index (κ2) is 7.02. The molecule has 0 aliphatic rings. The van der Waals surface area contributed by atoms with Crippen LogP contribution in [0.2, 0.25) is 5.02 Å². The Balaban J connectivity index is 2.51. The predicted octanol–water partition coefficient (Wildman–Crippen LogP) is 2.59. The van der Waals surface area contributed by atoms with Gasteiger partial charge in [0.1, 0.15) is 6.54 Å². The zero-order chi connectivity index (χ0) is 17.0. The lowest BCUT2D eigenvalue weighted by molar-refractivity contribution is -0.119. The average molecular weight is 353 g/mol. The minimum Gasteiger partial charge on any atom is -0.358 e. The molecule has 5 nitrogen and oxygen atoms in total. The van der Waals surface area contributed by atoms with E-state index < -0.39 is 15.9 Å². The van der Waals surface area contributed by atoms with Crippen LogP contribution in [0.1, 0.15) is 5.56 Å². The van der Waals surface area contributed by atoms with Gasteiger partial charge in [-0.2, -0.15) is 0 Å². The fourth-order valence-corrected chi connectivity index (χ4v) is 3.58. The van der Waals surface area contributed by atoms with E-state index >= 15 is 0 Å². The number of rotatable bonds is 5. The number of likely N-dealkylation sites (N-methyl/N-ethyl adjacent to an activating group) is 1. The van der Waals surface area contributed by atoms with Gasteiger partial charge in [0.2, 0.25) is 5.91 Å². The summed E-state index contributed by atoms with van der Waals surface area (Å²) in [5.74, 6) is -0.399. The van der Waals surface area contributed by atoms with Crippen molar-refractivity contribution in [3.8, 4) is 0 Å². The predicted molar refractivity (Wildman–Crippen MR) is 91.2 cm³/mol. The molecule has 122 valence electrons. The van der Waals surface area contributed by atoms with Gasteiger partial charge in [-0.3, -0.25) is 9.10 Å². The van der Waals surface area contributed by atoms with E-state index in [4.69, 9.17) is 11.6 Å². The highest BCUT2D eigenvalue weighted by atomic mass is 35.5. The van der Waals surface area contributed by atoms with Gasteiger partial charge in [0.15, 0.2) is 0 Å². The first-order chi connectivity index (χ1) is 10.8. The largest absolute Gasteiger partial charge is 0.358 e. The maximum atomic E-state index is 12.9. The smallest absolute Gasteiger partial charge is 0.264 e. The SMILES string of the molecule is CNC(=O)CN(c1cccc(C)c1)S(=O)(=O)c1ccc(Cl)cc1. The number of hydrogen-bond acceptors (Lipinski definition) is 3. The lowest BCUT2D eigenvalue weighted by Crippen LogP contribution is -2.39. The molecule has 0 atom stereocenters. The Kier molecular flexibility index (Phi) is 5.28. The topological polar surface area (TPSA) is 66.5 Å². The van der Waals surface area contributed by atoms with Crippen LogP contribution in [-0.4, -0.2) is 27.9 Å². The van der Waals surface area contributed by atoms with Crippen molar-refractivity contribution in [2.45, 2.75) is 11.8 Å². The van der Waals surface area contributed by atoms with Crippen LogP contribution in [0.15, 0.2) is 53.4 Å². The molecule has 0 unspecified atom stereocenters. The molecule has 0 saturated heterocycles. The third kappa shape index (κ3) is 4.03. The summed E-state index contributed by atoms with van der Waals surface area (Å²) in [4.78, 5) is 11.9. The Morgan fingerprint density at radius 3 is 2.39 bits per heavy atom. The summed E-state index contributed by atoms with van der Waals surface area (Å²) >= 11 is 5.81. The zero-order valence-electron chi connectivity index (χ0n) is 12.8. The third-order valence-corrected chi connectivity index (χ3v) is 5.30. The number of halogens is 1. The summed E-state index contributed by atoms with van der Waals surface area (Å²) in [6.45, 7) is 1.56. The molecule has 0 aliphatic heterocycles. The molecule has 0 bridgehead atoms. The first-order valence-electron chi connectivity index (χ1n) is 6.90. The minimum absolute atomic E-state index is 0.0762. The molecular formula is C16H17ClN2O3S. The molecule has 1 amide bonds. The quantitative estimate of drug-likeness (QED) is 0.899. The summed E-state index contributed by atoms with van der Waals surface area (Å²) in [7, 11) is -2.41. The molecular weight excluding hydrogens is 336 g/mol. The van der Waals surface area contributed by atoms with E-state index in [1.54, 1.807) is 18.2 Å². The van der Waals surface area contributed by atoms with Gasteiger partial charge in [-0.15, -0.1) is 0 Å². The monoisotopic (exact) mass is 352 g/mol. The number of carbonyl (C=O) groups excluding carboxylic acids is 1. The van der Waals surface area contributed by atoms with Crippen molar-refractivity contribution in [3.63, 3.8) is 0 Å². The van der Waals surface area contributed by atoms with Gasteiger partial charge in [0, 0.05) is 12.1 Å². The van der Waals surface area contributed by atoms with Crippen molar-refractivity contribution >= 4 is 33.2 Å². The van der Waals surface area contributed by atoms with Gasteiger partial charge in [0.05, 0.1) is 10.6 Å². The number of hydrogen-bond donors (Lipinski definition) is 1. The van der Waals surface area contributed by atoms with Crippen LogP contribution < -0.4 is 9.62 Å². The first-order valence-corrected chi connectivity index (χ1v) is 8.72. The standard InChI is InChI=1S/C16H17ClN2O3S/c1-12-4-3-5-14(10-12)19(11-16(20)18-2)23(21,22)15-8-6-13(17)7-9-15/h3-10H,11H2,1-2H3,(H,18,20). The van der Waals surface area contributed by atoms with Gasteiger partial charge >= 0.3 is 0 Å². The highest BCUT2D eigenvalue weighted by Gasteiger charge is 2.26. The molecule has 0 aliphatic carbocycles. The van der Waals surface area contributed by atoms with Crippen molar-refractivity contribution in [2.75, 3.05) is 17.9 Å². The third-order valence-electron chi connectivity index (χ3n) is 3.26. The zero-order valence-corrected chi connectivity index (χ0v) is 14.4. The maximum Gasteiger partial charge on any atom is 0.264 e. The Labute approximate surface area is 140 Å². The fourth-order valence-electron chi connectivity index (χ4n) is 2.04. The molecule has 2 rings (SSSR count). The van der Waals surface area contributed by atoms with Gasteiger partial charge in [-0.1, -0.05) is 23.7 Å². The Hall–Kier alpha value is -2.05. The Morgan fingerprint density at radius 1 is 1.17 bits per heavy atom. The summed E-state index contributed by atoms with van der Waals surface area (Å²) in [6, 6.07) is 12.8. The van der Waals surface area contributed by atoms with Crippen LogP contribution in [0.5, 0.6) is 0 Å². The van der Waals surface area contributed by atoms with Crippen LogP contribution in [0.25, 0.3) is 0 Å². The van der Waals surface area contributed by atoms with Crippen molar-refractivity contribution in [2.24, 2.45) is 0 Å². The van der Waals surface area contributed by atoms with Crippen LogP contribution in [0.3, 0.4) is 0 Å². The van der Waals surface area contributed by atoms with Crippen molar-refractivity contribution < 1.29 is 13.2 Å². The molecule has 0 spiro atoms. The lowest BCUT2D eigenvalue weighted by atomic mass is 10.2. The molecule has 2 aromatic rings. The number of benzene rings is 2. The number of sulfonamides is 1. The summed E-state index contributed by atoms with van der Waals surface area (Å²) in [6.07, 6.45) is 0. The fraction of sp³-hybridized carbons (Fsp3) is 0.188. The summed E-state index contributed by atoms with van der Waals surface area (Å²) in [5, 5.41) is 2.89. The van der Waals surface area contributed by atoms with E-state index in [0.717, 1.165) is 9.87 Å². The molecule has 23 heavy (non-hydrogen) atoms. The van der Waals surface area contributed by atoms with Gasteiger partial charge in [-0.25, -0.2) is 8.42 Å². The number of carbonyl (C=O) groups is 1. The van der Waals surface area contributed by atoms with E-state index in [9.17, 15) is 13.2 Å². The highest BCUT2D eigenvalue weighted by molar-refractivity contribution is 7.92. The molecule has 7 heteroatoms. The average Bonchev–Trinajstić information content (AvgIpc) is 2.52. The normalized spacial score (nSPS) is 11.1. The van der Waals surface area contributed by atoms with E-state index in [2.05, 4.69) is 5.32 Å². The molecule has 0 heterocycles. The van der Waals surface area contributed by atoms with Crippen LogP contribution >= 0.6 is 11.6 Å². The van der Waals surface area contributed by atoms with Crippen LogP contribution in [-0.2, 0) is 14.8 Å². The number of anilines is 1. The number of nitrogens with one attached hydrogen (secondary N) is 1. The molecule has 2 aromatic carbocycles. The van der Waals surface area contributed by atoms with Gasteiger partial charge < -0.3 is 5.32 Å². The second-order valence-corrected chi connectivity index (χ2v) is 7.28. The number of amides is 1. The Bertz CT molecular complexity index is 804. The molecule has 0 fully saturated rings. The van der Waals surface area contributed by atoms with E-state index in [1.807, 2.05) is 13.0 Å². The highest BCUT2D eigenvalue weighted by Crippen LogP contribution is 2.25. The van der Waals surface area contributed by atoms with Gasteiger partial charge in [-0.05, 0) is 48.9 Å². The van der Waals surface area contributed by atoms with Gasteiger partial charge in [0.25, 0.3) is 10.0 Å². The molecule has 1 N–H and O–H groups in total. The van der Waals surface area contributed by atoms with E-state index in [0.29, 0.717) is 10.7 Å². The van der Waals surface area contributed by atoms with E-state index in [1.165, 1.54) is 31.3 Å². The van der Waals surface area contributed by atoms with Crippen molar-refractivity contribution in [1.29, 1.82) is 0 Å². The molecule has 0 aromatic heterocycles. The second-order valence-electron chi connectivity index (χ2n) is 4.98. The van der Waals surface area contributed by atoms with Crippen LogP contribution in [0, 0.1) is 6.92 Å². The van der Waals surface area contributed by atoms with Crippen LogP contribution in [0.4, 0.5) is 5.69 Å². The van der Waals surface area contributed by atoms with Crippen molar-refractivity contribution in [3.05, 3.63) is 59.1 Å². The number of aryl methyl sites for hydroxylation is 1. The van der Waals surface area contributed by atoms with E-state index in [-0.39, 0.29) is 11.4 Å². The summed E-state index contributed by atoms with van der Waals surface area (Å²) < 4.78 is 26.9. The maximum absolute atomic E-state index is 12.9. The molecule has 0 saturated carbocycles.